The van der Waals surface area contributed by atoms with Crippen LogP contribution in [0.4, 0.5) is 0 Å². The summed E-state index contributed by atoms with van der Waals surface area (Å²) in [4.78, 5) is 12.4. The van der Waals surface area contributed by atoms with Crippen LogP contribution in [-0.2, 0) is 6.61 Å². The number of halogens is 2. The van der Waals surface area contributed by atoms with Crippen molar-refractivity contribution in [3.8, 4) is 11.3 Å². The predicted molar refractivity (Wildman–Crippen MR) is 80.4 cm³/mol. The number of aromatic nitrogens is 1. The maximum atomic E-state index is 12.4. The van der Waals surface area contributed by atoms with E-state index in [1.807, 2.05) is 12.1 Å². The summed E-state index contributed by atoms with van der Waals surface area (Å²) in [5, 5.41) is 10.2. The summed E-state index contributed by atoms with van der Waals surface area (Å²) in [6.45, 7) is -0.243. The van der Waals surface area contributed by atoms with Crippen LogP contribution in [0.2, 0.25) is 10.0 Å². The van der Waals surface area contributed by atoms with E-state index in [0.717, 1.165) is 24.1 Å². The third-order valence-corrected chi connectivity index (χ3v) is 4.23. The van der Waals surface area contributed by atoms with Gasteiger partial charge >= 0.3 is 0 Å². The molecule has 20 heavy (non-hydrogen) atoms. The molecule has 2 aromatic rings. The van der Waals surface area contributed by atoms with Crippen LogP contribution in [-0.4, -0.2) is 9.67 Å². The third kappa shape index (κ3) is 2.37. The van der Waals surface area contributed by atoms with Crippen molar-refractivity contribution in [1.29, 1.82) is 0 Å². The Morgan fingerprint density at radius 2 is 1.90 bits per heavy atom. The summed E-state index contributed by atoms with van der Waals surface area (Å²) in [5.41, 5.74) is 1.96. The Morgan fingerprint density at radius 1 is 1.15 bits per heavy atom. The van der Waals surface area contributed by atoms with Crippen molar-refractivity contribution >= 4 is 23.2 Å². The molecule has 1 fully saturated rings. The Balaban J connectivity index is 2.20. The lowest BCUT2D eigenvalue weighted by Crippen LogP contribution is -2.24. The van der Waals surface area contributed by atoms with E-state index in [0.29, 0.717) is 15.6 Å². The quantitative estimate of drug-likeness (QED) is 0.940. The Morgan fingerprint density at radius 3 is 2.50 bits per heavy atom. The minimum absolute atomic E-state index is 0.126. The number of hydrogen-bond acceptors (Lipinski definition) is 2. The molecule has 3 rings (SSSR count). The van der Waals surface area contributed by atoms with Crippen molar-refractivity contribution in [2.75, 3.05) is 0 Å². The summed E-state index contributed by atoms with van der Waals surface area (Å²) in [6.07, 6.45) is 1.98. The van der Waals surface area contributed by atoms with Gasteiger partial charge in [-0.1, -0.05) is 29.3 Å². The van der Waals surface area contributed by atoms with E-state index in [1.54, 1.807) is 22.8 Å². The largest absolute Gasteiger partial charge is 0.391 e. The molecule has 1 N–H and O–H groups in total. The summed E-state index contributed by atoms with van der Waals surface area (Å²) >= 11 is 12.0. The van der Waals surface area contributed by atoms with Crippen LogP contribution in [0.25, 0.3) is 11.3 Å². The predicted octanol–water partition coefficient (Wildman–Crippen LogP) is 3.65. The molecule has 0 unspecified atom stereocenters. The molecule has 0 spiro atoms. The average Bonchev–Trinajstić information content (AvgIpc) is 3.26. The molecule has 104 valence electrons. The highest BCUT2D eigenvalue weighted by molar-refractivity contribution is 6.42. The first-order valence-electron chi connectivity index (χ1n) is 6.42. The lowest BCUT2D eigenvalue weighted by atomic mass is 10.1. The fourth-order valence-electron chi connectivity index (χ4n) is 2.30. The van der Waals surface area contributed by atoms with Gasteiger partial charge in [0.25, 0.3) is 5.56 Å². The summed E-state index contributed by atoms with van der Waals surface area (Å²) in [5.74, 6) is 0. The van der Waals surface area contributed by atoms with Crippen LogP contribution in [0.3, 0.4) is 0 Å². The van der Waals surface area contributed by atoms with E-state index in [2.05, 4.69) is 0 Å². The van der Waals surface area contributed by atoms with Crippen LogP contribution in [0.15, 0.2) is 35.1 Å². The van der Waals surface area contributed by atoms with E-state index >= 15 is 0 Å². The molecular weight excluding hydrogens is 297 g/mol. The first kappa shape index (κ1) is 13.7. The van der Waals surface area contributed by atoms with Crippen LogP contribution in [0.5, 0.6) is 0 Å². The lowest BCUT2D eigenvalue weighted by molar-refractivity contribution is 0.279. The van der Waals surface area contributed by atoms with Gasteiger partial charge in [0.05, 0.1) is 22.3 Å². The van der Waals surface area contributed by atoms with Gasteiger partial charge in [-0.3, -0.25) is 4.79 Å². The molecule has 1 aromatic carbocycles. The second kappa shape index (κ2) is 5.24. The zero-order valence-corrected chi connectivity index (χ0v) is 12.2. The molecule has 0 bridgehead atoms. The molecule has 0 amide bonds. The molecule has 1 heterocycles. The highest BCUT2D eigenvalue weighted by Crippen LogP contribution is 2.38. The summed E-state index contributed by atoms with van der Waals surface area (Å²) < 4.78 is 1.76. The second-order valence-corrected chi connectivity index (χ2v) is 5.75. The number of rotatable bonds is 3. The molecule has 1 aromatic heterocycles. The first-order chi connectivity index (χ1) is 9.61. The van der Waals surface area contributed by atoms with Gasteiger partial charge in [0.2, 0.25) is 0 Å². The smallest absolute Gasteiger partial charge is 0.256 e. The topological polar surface area (TPSA) is 42.2 Å². The van der Waals surface area contributed by atoms with Crippen molar-refractivity contribution in [3.63, 3.8) is 0 Å². The van der Waals surface area contributed by atoms with Crippen molar-refractivity contribution in [2.45, 2.75) is 25.5 Å². The van der Waals surface area contributed by atoms with Gasteiger partial charge in [-0.25, -0.2) is 0 Å². The van der Waals surface area contributed by atoms with Crippen molar-refractivity contribution in [3.05, 3.63) is 56.3 Å². The normalized spacial score (nSPS) is 14.6. The summed E-state index contributed by atoms with van der Waals surface area (Å²) in [6, 6.07) is 9.07. The molecule has 3 nitrogen and oxygen atoms in total. The maximum Gasteiger partial charge on any atom is 0.256 e. The number of pyridine rings is 1. The fraction of sp³-hybridized carbons (Fsp3) is 0.267. The average molecular weight is 310 g/mol. The van der Waals surface area contributed by atoms with E-state index in [-0.39, 0.29) is 18.2 Å². The van der Waals surface area contributed by atoms with E-state index in [9.17, 15) is 9.90 Å². The summed E-state index contributed by atoms with van der Waals surface area (Å²) in [7, 11) is 0. The van der Waals surface area contributed by atoms with Crippen LogP contribution >= 0.6 is 23.2 Å². The van der Waals surface area contributed by atoms with Gasteiger partial charge in [0.1, 0.15) is 0 Å². The fourth-order valence-corrected chi connectivity index (χ4v) is 2.60. The molecule has 1 aliphatic rings. The molecule has 0 radical (unpaired) electrons. The van der Waals surface area contributed by atoms with Gasteiger partial charge in [0, 0.05) is 11.6 Å². The van der Waals surface area contributed by atoms with Gasteiger partial charge in [-0.05, 0) is 42.7 Å². The SMILES string of the molecule is O=c1c(CO)ccc(-c2ccc(Cl)c(Cl)c2)n1C1CC1. The number of aliphatic hydroxyl groups excluding tert-OH is 1. The highest BCUT2D eigenvalue weighted by Gasteiger charge is 2.27. The number of benzene rings is 1. The Hall–Kier alpha value is -1.29. The Labute approximate surface area is 126 Å². The molecule has 1 saturated carbocycles. The molecule has 1 aliphatic carbocycles. The van der Waals surface area contributed by atoms with Crippen LogP contribution in [0, 0.1) is 0 Å². The Kier molecular flexibility index (Phi) is 3.59. The second-order valence-electron chi connectivity index (χ2n) is 4.94. The lowest BCUT2D eigenvalue weighted by Gasteiger charge is -2.14. The van der Waals surface area contributed by atoms with E-state index in [4.69, 9.17) is 23.2 Å². The standard InChI is InChI=1S/C15H13Cl2NO2/c16-12-5-1-9(7-13(12)17)14-6-2-10(8-19)15(20)18(14)11-3-4-11/h1-2,5-7,11,19H,3-4,8H2. The van der Waals surface area contributed by atoms with Gasteiger partial charge in [-0.15, -0.1) is 0 Å². The number of aliphatic hydroxyl groups is 1. The monoisotopic (exact) mass is 309 g/mol. The molecule has 0 aliphatic heterocycles. The minimum Gasteiger partial charge on any atom is -0.391 e. The van der Waals surface area contributed by atoms with Crippen LogP contribution in [0.1, 0.15) is 24.4 Å². The number of hydrogen-bond donors (Lipinski definition) is 1. The third-order valence-electron chi connectivity index (χ3n) is 3.49. The van der Waals surface area contributed by atoms with Crippen LogP contribution < -0.4 is 5.56 Å². The number of nitrogens with zero attached hydrogens (tertiary/aromatic N) is 1. The van der Waals surface area contributed by atoms with Gasteiger partial charge in [0.15, 0.2) is 0 Å². The van der Waals surface area contributed by atoms with E-state index < -0.39 is 0 Å². The van der Waals surface area contributed by atoms with Crippen molar-refractivity contribution in [2.24, 2.45) is 0 Å². The first-order valence-corrected chi connectivity index (χ1v) is 7.18. The maximum absolute atomic E-state index is 12.4. The van der Waals surface area contributed by atoms with E-state index in [1.165, 1.54) is 0 Å². The Bertz CT molecular complexity index is 720. The minimum atomic E-state index is -0.243. The molecule has 0 saturated heterocycles. The zero-order chi connectivity index (χ0) is 14.3. The van der Waals surface area contributed by atoms with Gasteiger partial charge in [-0.2, -0.15) is 0 Å². The van der Waals surface area contributed by atoms with Crippen molar-refractivity contribution in [1.82, 2.24) is 4.57 Å². The van der Waals surface area contributed by atoms with Crippen molar-refractivity contribution < 1.29 is 5.11 Å². The zero-order valence-electron chi connectivity index (χ0n) is 10.6. The molecule has 0 atom stereocenters. The molecule has 5 heteroatoms. The van der Waals surface area contributed by atoms with Gasteiger partial charge < -0.3 is 9.67 Å². The molecular formula is C15H13Cl2NO2. The highest BCUT2D eigenvalue weighted by atomic mass is 35.5.